The summed E-state index contributed by atoms with van der Waals surface area (Å²) < 4.78 is 0. The third-order valence-corrected chi connectivity index (χ3v) is 5.03. The molecule has 1 heterocycles. The van der Waals surface area contributed by atoms with Gasteiger partial charge in [-0.3, -0.25) is 0 Å². The van der Waals surface area contributed by atoms with E-state index in [9.17, 15) is 0 Å². The highest BCUT2D eigenvalue weighted by Gasteiger charge is 2.41. The van der Waals surface area contributed by atoms with E-state index in [4.69, 9.17) is 0 Å². The van der Waals surface area contributed by atoms with E-state index in [0.717, 1.165) is 31.0 Å². The molecular formula is C17H24N2. The molecule has 0 saturated heterocycles. The molecule has 0 bridgehead atoms. The van der Waals surface area contributed by atoms with Crippen molar-refractivity contribution in [1.29, 1.82) is 0 Å². The van der Waals surface area contributed by atoms with Gasteiger partial charge in [0.25, 0.3) is 0 Å². The van der Waals surface area contributed by atoms with Crippen LogP contribution in [0.5, 0.6) is 0 Å². The summed E-state index contributed by atoms with van der Waals surface area (Å²) in [4.78, 5) is 0. The lowest BCUT2D eigenvalue weighted by atomic mass is 9.94. The summed E-state index contributed by atoms with van der Waals surface area (Å²) in [6.07, 6.45) is 7.03. The van der Waals surface area contributed by atoms with E-state index in [2.05, 4.69) is 34.9 Å². The van der Waals surface area contributed by atoms with Crippen LogP contribution >= 0.6 is 0 Å². The van der Waals surface area contributed by atoms with Crippen LogP contribution in [0.1, 0.15) is 42.9 Å². The van der Waals surface area contributed by atoms with Gasteiger partial charge in [0, 0.05) is 18.6 Å². The van der Waals surface area contributed by atoms with Gasteiger partial charge in [0.1, 0.15) is 0 Å². The SMILES string of the molecule is c1ccc2c(c1)CCNC2CNC(C1CC1)C1CC1. The first kappa shape index (κ1) is 11.9. The molecule has 3 aliphatic rings. The Morgan fingerprint density at radius 2 is 1.84 bits per heavy atom. The molecular weight excluding hydrogens is 232 g/mol. The minimum atomic E-state index is 0.518. The number of rotatable bonds is 5. The van der Waals surface area contributed by atoms with Crippen molar-refractivity contribution in [1.82, 2.24) is 10.6 Å². The summed E-state index contributed by atoms with van der Waals surface area (Å²) in [7, 11) is 0. The molecule has 1 aromatic rings. The van der Waals surface area contributed by atoms with Crippen molar-refractivity contribution in [2.75, 3.05) is 13.1 Å². The van der Waals surface area contributed by atoms with Crippen molar-refractivity contribution in [3.05, 3.63) is 35.4 Å². The summed E-state index contributed by atoms with van der Waals surface area (Å²) in [5.74, 6) is 1.98. The lowest BCUT2D eigenvalue weighted by Crippen LogP contribution is -2.42. The second kappa shape index (κ2) is 4.92. The Morgan fingerprint density at radius 3 is 2.58 bits per heavy atom. The van der Waals surface area contributed by atoms with E-state index >= 15 is 0 Å². The van der Waals surface area contributed by atoms with E-state index in [0.29, 0.717) is 6.04 Å². The molecule has 2 heteroatoms. The van der Waals surface area contributed by atoms with Crippen molar-refractivity contribution in [2.45, 2.75) is 44.2 Å². The van der Waals surface area contributed by atoms with Crippen LogP contribution in [0.25, 0.3) is 0 Å². The first-order valence-electron chi connectivity index (χ1n) is 7.96. The average molecular weight is 256 g/mol. The molecule has 2 fully saturated rings. The molecule has 0 radical (unpaired) electrons. The van der Waals surface area contributed by atoms with Gasteiger partial charge >= 0.3 is 0 Å². The van der Waals surface area contributed by atoms with Crippen LogP contribution in [0.4, 0.5) is 0 Å². The summed E-state index contributed by atoms with van der Waals surface area (Å²) in [6, 6.07) is 10.3. The normalized spacial score (nSPS) is 26.5. The maximum Gasteiger partial charge on any atom is 0.0449 e. The Balaban J connectivity index is 1.42. The fourth-order valence-electron chi connectivity index (χ4n) is 3.66. The highest BCUT2D eigenvalue weighted by atomic mass is 15.0. The lowest BCUT2D eigenvalue weighted by molar-refractivity contribution is 0.375. The zero-order chi connectivity index (χ0) is 12.7. The van der Waals surface area contributed by atoms with Crippen LogP contribution in [-0.4, -0.2) is 19.1 Å². The maximum absolute atomic E-state index is 3.89. The Kier molecular flexibility index (Phi) is 3.08. The molecule has 1 aromatic carbocycles. The van der Waals surface area contributed by atoms with Gasteiger partial charge in [-0.05, 0) is 61.6 Å². The number of nitrogens with one attached hydrogen (secondary N) is 2. The molecule has 1 atom stereocenters. The van der Waals surface area contributed by atoms with Crippen LogP contribution in [0.3, 0.4) is 0 Å². The first-order chi connectivity index (χ1) is 9.42. The van der Waals surface area contributed by atoms with Gasteiger partial charge in [-0.2, -0.15) is 0 Å². The van der Waals surface area contributed by atoms with Gasteiger partial charge in [0.05, 0.1) is 0 Å². The second-order valence-corrected chi connectivity index (χ2v) is 6.56. The molecule has 2 nitrogen and oxygen atoms in total. The molecule has 0 aromatic heterocycles. The van der Waals surface area contributed by atoms with Crippen molar-refractivity contribution in [3.8, 4) is 0 Å². The highest BCUT2D eigenvalue weighted by molar-refractivity contribution is 5.32. The van der Waals surface area contributed by atoms with Gasteiger partial charge in [0.2, 0.25) is 0 Å². The lowest BCUT2D eigenvalue weighted by Gasteiger charge is -2.29. The first-order valence-corrected chi connectivity index (χ1v) is 7.96. The quantitative estimate of drug-likeness (QED) is 0.846. The molecule has 102 valence electrons. The van der Waals surface area contributed by atoms with Gasteiger partial charge in [-0.1, -0.05) is 24.3 Å². The molecule has 19 heavy (non-hydrogen) atoms. The predicted octanol–water partition coefficient (Wildman–Crippen LogP) is 2.65. The Labute approximate surface area is 116 Å². The van der Waals surface area contributed by atoms with E-state index in [1.807, 2.05) is 0 Å². The third kappa shape index (κ3) is 2.56. The van der Waals surface area contributed by atoms with Crippen LogP contribution in [0.15, 0.2) is 24.3 Å². The fraction of sp³-hybridized carbons (Fsp3) is 0.647. The number of hydrogen-bond donors (Lipinski definition) is 2. The van der Waals surface area contributed by atoms with Crippen LogP contribution < -0.4 is 10.6 Å². The topological polar surface area (TPSA) is 24.1 Å². The Bertz CT molecular complexity index is 436. The minimum Gasteiger partial charge on any atom is -0.312 e. The van der Waals surface area contributed by atoms with Crippen LogP contribution in [-0.2, 0) is 6.42 Å². The molecule has 1 unspecified atom stereocenters. The van der Waals surface area contributed by atoms with Crippen LogP contribution in [0.2, 0.25) is 0 Å². The van der Waals surface area contributed by atoms with Gasteiger partial charge in [0.15, 0.2) is 0 Å². The summed E-state index contributed by atoms with van der Waals surface area (Å²) in [6.45, 7) is 2.23. The second-order valence-electron chi connectivity index (χ2n) is 6.56. The van der Waals surface area contributed by atoms with E-state index in [1.54, 1.807) is 5.56 Å². The molecule has 4 rings (SSSR count). The van der Waals surface area contributed by atoms with E-state index in [-0.39, 0.29) is 0 Å². The van der Waals surface area contributed by atoms with Crippen molar-refractivity contribution >= 4 is 0 Å². The molecule has 0 spiro atoms. The highest BCUT2D eigenvalue weighted by Crippen LogP contribution is 2.44. The molecule has 0 amide bonds. The number of benzene rings is 1. The van der Waals surface area contributed by atoms with E-state index in [1.165, 1.54) is 37.7 Å². The summed E-state index contributed by atoms with van der Waals surface area (Å²) >= 11 is 0. The van der Waals surface area contributed by atoms with Gasteiger partial charge in [-0.25, -0.2) is 0 Å². The standard InChI is InChI=1S/C17H24N2/c1-2-4-15-12(3-1)9-10-18-16(15)11-19-17(13-5-6-13)14-7-8-14/h1-4,13-14,16-19H,5-11H2. The van der Waals surface area contributed by atoms with Gasteiger partial charge < -0.3 is 10.6 Å². The van der Waals surface area contributed by atoms with Gasteiger partial charge in [-0.15, -0.1) is 0 Å². The molecule has 2 aliphatic carbocycles. The largest absolute Gasteiger partial charge is 0.312 e. The van der Waals surface area contributed by atoms with Crippen molar-refractivity contribution in [2.24, 2.45) is 11.8 Å². The number of hydrogen-bond acceptors (Lipinski definition) is 2. The molecule has 1 aliphatic heterocycles. The fourth-order valence-corrected chi connectivity index (χ4v) is 3.66. The van der Waals surface area contributed by atoms with Crippen molar-refractivity contribution < 1.29 is 0 Å². The zero-order valence-electron chi connectivity index (χ0n) is 11.6. The number of fused-ring (bicyclic) bond motifs is 1. The zero-order valence-corrected chi connectivity index (χ0v) is 11.6. The smallest absolute Gasteiger partial charge is 0.0449 e. The maximum atomic E-state index is 3.89. The molecule has 2 N–H and O–H groups in total. The van der Waals surface area contributed by atoms with E-state index < -0.39 is 0 Å². The third-order valence-electron chi connectivity index (χ3n) is 5.03. The predicted molar refractivity (Wildman–Crippen MR) is 78.1 cm³/mol. The van der Waals surface area contributed by atoms with Crippen LogP contribution in [0, 0.1) is 11.8 Å². The average Bonchev–Trinajstić information content (AvgIpc) is 3.33. The van der Waals surface area contributed by atoms with Crippen molar-refractivity contribution in [3.63, 3.8) is 0 Å². The Hall–Kier alpha value is -0.860. The monoisotopic (exact) mass is 256 g/mol. The molecule has 2 saturated carbocycles. The summed E-state index contributed by atoms with van der Waals surface area (Å²) in [5, 5.41) is 7.58. The minimum absolute atomic E-state index is 0.518. The Morgan fingerprint density at radius 1 is 1.11 bits per heavy atom. The summed E-state index contributed by atoms with van der Waals surface area (Å²) in [5.41, 5.74) is 3.06.